The highest BCUT2D eigenvalue weighted by Gasteiger charge is 2.53. The Bertz CT molecular complexity index is 9580. The topological polar surface area (TPSA) is 55.1 Å². The smallest absolute Gasteiger partial charge is 0.184 e. The van der Waals surface area contributed by atoms with Gasteiger partial charge in [0.25, 0.3) is 0 Å². The zero-order valence-corrected chi connectivity index (χ0v) is 81.6. The summed E-state index contributed by atoms with van der Waals surface area (Å²) in [6.45, 7) is 0. The fraction of sp³-hybridized carbons (Fsp3) is 0.0216. The summed E-state index contributed by atoms with van der Waals surface area (Å²) in [5.41, 5.74) is 33.9. The van der Waals surface area contributed by atoms with Gasteiger partial charge in [0.15, 0.2) is 8.07 Å². The number of aromatic nitrogens is 2. The van der Waals surface area contributed by atoms with E-state index in [1.165, 1.54) is 170 Å². The molecule has 8 nitrogen and oxygen atoms in total. The lowest BCUT2D eigenvalue weighted by Gasteiger charge is -2.47. The molecule has 0 unspecified atom stereocenters. The maximum absolute atomic E-state index is 6.80. The van der Waals surface area contributed by atoms with Crippen LogP contribution in [0.25, 0.3) is 86.9 Å². The predicted octanol–water partition coefficient (Wildman–Crippen LogP) is 33.2. The first-order chi connectivity index (χ1) is 73.4. The van der Waals surface area contributed by atoms with E-state index in [2.05, 4.69) is 559 Å². The van der Waals surface area contributed by atoms with Crippen molar-refractivity contribution in [3.05, 3.63) is 608 Å². The van der Waals surface area contributed by atoms with Gasteiger partial charge in [-0.25, -0.2) is 0 Å². The summed E-state index contributed by atoms with van der Waals surface area (Å²) >= 11 is 0. The van der Waals surface area contributed by atoms with Gasteiger partial charge in [0.2, 0.25) is 0 Å². The summed E-state index contributed by atoms with van der Waals surface area (Å²) < 4.78 is 6.80. The van der Waals surface area contributed by atoms with Gasteiger partial charge >= 0.3 is 0 Å². The number of anilines is 15. The quantitative estimate of drug-likeness (QED) is 0.0681. The highest BCUT2D eigenvalue weighted by molar-refractivity contribution is 7.22. The minimum atomic E-state index is -2.93. The summed E-state index contributed by atoms with van der Waals surface area (Å²) in [6, 6.07) is 193. The van der Waals surface area contributed by atoms with E-state index >= 15 is 0 Å². The number of fused-ring (bicyclic) bond motifs is 16. The Balaban J connectivity index is 0.000000137. The van der Waals surface area contributed by atoms with Gasteiger partial charge in [0, 0.05) is 75.4 Å². The third-order valence-electron chi connectivity index (χ3n) is 32.3. The Kier molecular flexibility index (Phi) is 19.2. The summed E-state index contributed by atoms with van der Waals surface area (Å²) in [7, 11) is -2.93. The van der Waals surface area contributed by atoms with Gasteiger partial charge < -0.3 is 28.9 Å². The predicted molar refractivity (Wildman–Crippen MR) is 615 cm³/mol. The van der Waals surface area contributed by atoms with Gasteiger partial charge in [-0.1, -0.05) is 376 Å². The molecule has 0 aliphatic carbocycles. The van der Waals surface area contributed by atoms with E-state index in [4.69, 9.17) is 14.4 Å². The molecule has 26 aromatic rings. The second-order valence-electron chi connectivity index (χ2n) is 39.6. The molecule has 0 atom stereocenters. The SMILES string of the molecule is c1ccc(C2(c3ccccc3)c3ccccc3N(c3ccc4ccc5c(N6c7ccccc7C(c7ccccc7)(c7ccccc7)c7cc8c(cc76)oc6ccccc68)ccc6ccc3c4c65)c3ccccc32)cc1.c1ccc(C2c3ccccc3N(c3ccc4cc5cc(N6c7ccccc7N(c7ccccc7)c7cc8c(cc76)[Si](c6cccnc6)(c6cccnc6)c6ccccc6-8)ccc5cc4c3)c3ccccc32)cc1. The van der Waals surface area contributed by atoms with Crippen LogP contribution in [0.15, 0.2) is 551 Å². The van der Waals surface area contributed by atoms with Crippen LogP contribution in [0.2, 0.25) is 0 Å². The van der Waals surface area contributed by atoms with Crippen molar-refractivity contribution in [2.45, 2.75) is 16.7 Å². The fourth-order valence-corrected chi connectivity index (χ4v) is 31.3. The monoisotopic (exact) mass is 1900 g/mol. The largest absolute Gasteiger partial charge is 0.456 e. The number of hydrogen-bond donors (Lipinski definition) is 0. The van der Waals surface area contributed by atoms with Gasteiger partial charge in [-0.2, -0.15) is 0 Å². The Labute approximate surface area is 858 Å². The third kappa shape index (κ3) is 12.4. The molecule has 0 saturated heterocycles. The molecule has 9 heteroatoms. The van der Waals surface area contributed by atoms with Gasteiger partial charge in [-0.3, -0.25) is 9.97 Å². The van der Waals surface area contributed by atoms with E-state index in [9.17, 15) is 0 Å². The van der Waals surface area contributed by atoms with Crippen molar-refractivity contribution in [3.63, 3.8) is 0 Å². The number of pyridine rings is 2. The van der Waals surface area contributed by atoms with E-state index in [-0.39, 0.29) is 5.92 Å². The van der Waals surface area contributed by atoms with Crippen molar-refractivity contribution in [2.75, 3.05) is 24.5 Å². The zero-order valence-electron chi connectivity index (χ0n) is 80.6. The molecule has 0 amide bonds. The minimum absolute atomic E-state index is 0.146. The standard InChI is InChI=1S/C72H46N2O.C67H45N5Si/c1-5-21-49(22-6-1)71(50-23-7-2-8-24-50)57-30-14-17-33-63(57)73(64-34-18-15-31-58(64)71)61-43-39-47-38-42-55-62(44-40-48-37-41-54(61)69(47)70(48)55)74-65-35-19-16-32-59(65)72(51-25-9-3-10-26-51,52-27-11-4-12-28-52)60-45-56-53-29-13-20-36-67(53)75-68(56)46-66(60)74;1-3-17-45(18-4-1)67-56-24-7-10-26-59(56)71(60-27-11-8-25-57(60)67)51-33-31-46-38-49-40-52(34-32-47(49)37-48(46)39-51)72-62-29-13-12-28-61(62)70(50-19-5-2-6-20-50)63-41-58-55-23-9-14-30-65(55)73(66(58)42-64(63)72,53-21-15-35-68-43-53)54-22-16-36-69-44-54/h1-46H;1-44,67H. The normalized spacial score (nSPS) is 14.1. The molecule has 0 fully saturated rings. The van der Waals surface area contributed by atoms with Crippen molar-refractivity contribution < 1.29 is 4.42 Å². The summed E-state index contributed by atoms with van der Waals surface area (Å²) in [5.74, 6) is 0.146. The molecule has 5 aliphatic rings. The summed E-state index contributed by atoms with van der Waals surface area (Å²) in [4.78, 5) is 22.0. The fourth-order valence-electron chi connectivity index (χ4n) is 26.3. The first kappa shape index (κ1) is 84.6. The van der Waals surface area contributed by atoms with Gasteiger partial charge in [0.1, 0.15) is 11.2 Å². The van der Waals surface area contributed by atoms with Crippen LogP contribution in [0.5, 0.6) is 0 Å². The lowest BCUT2D eigenvalue weighted by Crippen LogP contribution is -2.73. The second-order valence-corrected chi connectivity index (χ2v) is 43.3. The molecule has 0 N–H and O–H groups in total. The molecule has 0 spiro atoms. The average Bonchev–Trinajstić information content (AvgIpc) is 1.09. The Morgan fingerprint density at radius 1 is 0.216 bits per heavy atom. The van der Waals surface area contributed by atoms with Crippen LogP contribution in [0.4, 0.5) is 85.3 Å². The molecule has 5 aliphatic heterocycles. The molecule has 692 valence electrons. The van der Waals surface area contributed by atoms with Gasteiger partial charge in [0.05, 0.1) is 79.1 Å². The molecule has 8 heterocycles. The van der Waals surface area contributed by atoms with E-state index in [1.54, 1.807) is 0 Å². The Morgan fingerprint density at radius 3 is 1.14 bits per heavy atom. The highest BCUT2D eigenvalue weighted by Crippen LogP contribution is 2.64. The maximum atomic E-state index is 6.80. The number of furan rings is 1. The van der Waals surface area contributed by atoms with E-state index in [1.807, 2.05) is 12.4 Å². The lowest BCUT2D eigenvalue weighted by molar-refractivity contribution is 0.667. The van der Waals surface area contributed by atoms with Gasteiger partial charge in [-0.15, -0.1) is 0 Å². The Hall–Kier alpha value is -19.1. The van der Waals surface area contributed by atoms with E-state index in [0.717, 1.165) is 84.5 Å². The van der Waals surface area contributed by atoms with Gasteiger partial charge in [-0.05, 0) is 276 Å². The third-order valence-corrected chi connectivity index (χ3v) is 37.1. The average molecular weight is 1900 g/mol. The number of benzene rings is 23. The molecule has 0 radical (unpaired) electrons. The zero-order chi connectivity index (χ0) is 97.3. The molecule has 31 rings (SSSR count). The van der Waals surface area contributed by atoms with E-state index < -0.39 is 18.9 Å². The van der Waals surface area contributed by atoms with Crippen LogP contribution in [-0.4, -0.2) is 18.0 Å². The van der Waals surface area contributed by atoms with E-state index in [0.29, 0.717) is 0 Å². The number of rotatable bonds is 12. The second kappa shape index (κ2) is 33.5. The van der Waals surface area contributed by atoms with Crippen LogP contribution >= 0.6 is 0 Å². The van der Waals surface area contributed by atoms with Crippen molar-refractivity contribution in [2.24, 2.45) is 0 Å². The number of nitrogens with zero attached hydrogens (tertiary/aromatic N) is 7. The van der Waals surface area contributed by atoms with Crippen molar-refractivity contribution in [3.8, 4) is 11.1 Å². The summed E-state index contributed by atoms with van der Waals surface area (Å²) in [5, 5.41) is 19.5. The molecule has 148 heavy (non-hydrogen) atoms. The number of hydrogen-bond acceptors (Lipinski definition) is 8. The van der Waals surface area contributed by atoms with Crippen LogP contribution in [-0.2, 0) is 10.8 Å². The highest BCUT2D eigenvalue weighted by atomic mass is 28.3. The van der Waals surface area contributed by atoms with Crippen LogP contribution in [0, 0.1) is 0 Å². The molecular formula is C139H91N7OSi. The van der Waals surface area contributed by atoms with Crippen molar-refractivity contribution in [1.82, 2.24) is 9.97 Å². The van der Waals surface area contributed by atoms with Crippen molar-refractivity contribution >= 4 is 190 Å². The maximum Gasteiger partial charge on any atom is 0.184 e. The molecule has 0 saturated carbocycles. The van der Waals surface area contributed by atoms with Crippen molar-refractivity contribution in [1.29, 1.82) is 0 Å². The first-order valence-corrected chi connectivity index (χ1v) is 53.1. The van der Waals surface area contributed by atoms with Crippen LogP contribution < -0.4 is 45.2 Å². The molecule has 3 aromatic heterocycles. The van der Waals surface area contributed by atoms with Crippen LogP contribution in [0.3, 0.4) is 0 Å². The Morgan fingerprint density at radius 2 is 0.622 bits per heavy atom. The summed E-state index contributed by atoms with van der Waals surface area (Å²) in [6.07, 6.45) is 7.96. The lowest BCUT2D eigenvalue weighted by atomic mass is 9.62. The number of para-hydroxylation sites is 9. The van der Waals surface area contributed by atoms with Crippen LogP contribution in [0.1, 0.15) is 67.1 Å². The molecular weight excluding hydrogens is 1810 g/mol. The first-order valence-electron chi connectivity index (χ1n) is 51.1. The molecule has 0 bridgehead atoms. The molecule has 23 aromatic carbocycles. The minimum Gasteiger partial charge on any atom is -0.456 e.